The topological polar surface area (TPSA) is 78.4 Å². The molecule has 1 atom stereocenters. The van der Waals surface area contributed by atoms with Crippen LogP contribution in [0.5, 0.6) is 0 Å². The molecule has 1 aliphatic rings. The minimum Gasteiger partial charge on any atom is -0.393 e. The Labute approximate surface area is 82.9 Å². The van der Waals surface area contributed by atoms with E-state index in [2.05, 4.69) is 10.6 Å². The van der Waals surface area contributed by atoms with Crippen molar-refractivity contribution in [1.29, 1.82) is 0 Å². The van der Waals surface area contributed by atoms with Gasteiger partial charge in [-0.2, -0.15) is 0 Å². The van der Waals surface area contributed by atoms with E-state index < -0.39 is 6.04 Å². The summed E-state index contributed by atoms with van der Waals surface area (Å²) in [5.41, 5.74) is 0. The maximum atomic E-state index is 11.4. The van der Waals surface area contributed by atoms with Crippen LogP contribution < -0.4 is 10.6 Å². The number of aliphatic hydroxyl groups excluding tert-OH is 1. The molecule has 0 bridgehead atoms. The first-order valence-corrected chi connectivity index (χ1v) is 4.74. The summed E-state index contributed by atoms with van der Waals surface area (Å²) in [4.78, 5) is 22.0. The van der Waals surface area contributed by atoms with Crippen molar-refractivity contribution in [3.63, 3.8) is 0 Å². The Hall–Kier alpha value is -1.10. The summed E-state index contributed by atoms with van der Waals surface area (Å²) in [5.74, 6) is -0.418. The Bertz CT molecular complexity index is 236. The van der Waals surface area contributed by atoms with Crippen LogP contribution in [0.15, 0.2) is 0 Å². The highest BCUT2D eigenvalue weighted by Crippen LogP contribution is 2.19. The summed E-state index contributed by atoms with van der Waals surface area (Å²) in [5, 5.41) is 14.2. The minimum atomic E-state index is -0.509. The summed E-state index contributed by atoms with van der Waals surface area (Å²) in [6, 6.07) is -0.445. The van der Waals surface area contributed by atoms with Gasteiger partial charge in [0.2, 0.25) is 11.8 Å². The van der Waals surface area contributed by atoms with Crippen LogP contribution in [0, 0.1) is 0 Å². The first-order chi connectivity index (χ1) is 6.49. The Balaban J connectivity index is 2.24. The van der Waals surface area contributed by atoms with Crippen LogP contribution in [0.3, 0.4) is 0 Å². The molecule has 5 heteroatoms. The van der Waals surface area contributed by atoms with E-state index in [4.69, 9.17) is 5.11 Å². The molecule has 0 aromatic rings. The maximum Gasteiger partial charge on any atom is 0.242 e. The van der Waals surface area contributed by atoms with Crippen molar-refractivity contribution >= 4 is 11.8 Å². The third kappa shape index (κ3) is 2.99. The molecule has 1 aliphatic carbocycles. The molecule has 5 nitrogen and oxygen atoms in total. The first kappa shape index (κ1) is 11.0. The van der Waals surface area contributed by atoms with Crippen LogP contribution in [0.4, 0.5) is 0 Å². The van der Waals surface area contributed by atoms with Crippen molar-refractivity contribution in [2.45, 2.75) is 44.9 Å². The van der Waals surface area contributed by atoms with Crippen molar-refractivity contribution in [2.75, 3.05) is 0 Å². The van der Waals surface area contributed by atoms with Gasteiger partial charge in [-0.15, -0.1) is 0 Å². The number of amides is 2. The summed E-state index contributed by atoms with van der Waals surface area (Å²) in [6.45, 7) is 3.00. The van der Waals surface area contributed by atoms with Gasteiger partial charge < -0.3 is 15.7 Å². The van der Waals surface area contributed by atoms with E-state index in [1.54, 1.807) is 6.92 Å². The molecular formula is C9H16N2O3. The predicted molar refractivity (Wildman–Crippen MR) is 50.5 cm³/mol. The molecule has 2 amide bonds. The standard InChI is InChI=1S/C9H16N2O3/c1-5(10-6(2)12)9(14)11-7-3-8(13)4-7/h5,7-8,13H,3-4H2,1-2H3,(H,10,12)(H,11,14). The van der Waals surface area contributed by atoms with Gasteiger partial charge in [-0.05, 0) is 19.8 Å². The molecule has 1 saturated carbocycles. The Morgan fingerprint density at radius 3 is 2.43 bits per heavy atom. The van der Waals surface area contributed by atoms with Crippen LogP contribution in [-0.4, -0.2) is 35.1 Å². The summed E-state index contributed by atoms with van der Waals surface area (Å²) >= 11 is 0. The van der Waals surface area contributed by atoms with Crippen molar-refractivity contribution in [1.82, 2.24) is 10.6 Å². The van der Waals surface area contributed by atoms with Gasteiger partial charge in [-0.25, -0.2) is 0 Å². The first-order valence-electron chi connectivity index (χ1n) is 4.74. The molecule has 0 aromatic carbocycles. The highest BCUT2D eigenvalue weighted by Gasteiger charge is 2.29. The summed E-state index contributed by atoms with van der Waals surface area (Å²) in [6.07, 6.45) is 0.938. The molecule has 0 aliphatic heterocycles. The molecular weight excluding hydrogens is 184 g/mol. The van der Waals surface area contributed by atoms with Crippen molar-refractivity contribution in [3.05, 3.63) is 0 Å². The zero-order chi connectivity index (χ0) is 10.7. The lowest BCUT2D eigenvalue weighted by Gasteiger charge is -2.32. The lowest BCUT2D eigenvalue weighted by molar-refractivity contribution is -0.129. The highest BCUT2D eigenvalue weighted by atomic mass is 16.3. The molecule has 0 radical (unpaired) electrons. The molecule has 0 spiro atoms. The predicted octanol–water partition coefficient (Wildman–Crippen LogP) is -0.849. The van der Waals surface area contributed by atoms with Crippen LogP contribution in [0.1, 0.15) is 26.7 Å². The second kappa shape index (κ2) is 4.41. The van der Waals surface area contributed by atoms with Crippen molar-refractivity contribution in [3.8, 4) is 0 Å². The number of hydrogen-bond acceptors (Lipinski definition) is 3. The fraction of sp³-hybridized carbons (Fsp3) is 0.778. The molecule has 0 aromatic heterocycles. The number of carbonyl (C=O) groups is 2. The van der Waals surface area contributed by atoms with Gasteiger partial charge in [-0.1, -0.05) is 0 Å². The van der Waals surface area contributed by atoms with Crippen molar-refractivity contribution < 1.29 is 14.7 Å². The SMILES string of the molecule is CC(=O)NC(C)C(=O)NC1CC(O)C1. The van der Waals surface area contributed by atoms with Gasteiger partial charge in [0.15, 0.2) is 0 Å². The monoisotopic (exact) mass is 200 g/mol. The fourth-order valence-electron chi connectivity index (χ4n) is 1.40. The summed E-state index contributed by atoms with van der Waals surface area (Å²) < 4.78 is 0. The normalized spacial score (nSPS) is 27.4. The van der Waals surface area contributed by atoms with E-state index in [1.165, 1.54) is 6.92 Å². The average Bonchev–Trinajstić information content (AvgIpc) is 2.00. The van der Waals surface area contributed by atoms with Gasteiger partial charge in [0.1, 0.15) is 6.04 Å². The molecule has 1 unspecified atom stereocenters. The van der Waals surface area contributed by atoms with Crippen molar-refractivity contribution in [2.24, 2.45) is 0 Å². The zero-order valence-electron chi connectivity index (χ0n) is 8.41. The average molecular weight is 200 g/mol. The highest BCUT2D eigenvalue weighted by molar-refractivity contribution is 5.86. The largest absolute Gasteiger partial charge is 0.393 e. The van der Waals surface area contributed by atoms with E-state index in [9.17, 15) is 9.59 Å². The number of aliphatic hydroxyl groups is 1. The zero-order valence-corrected chi connectivity index (χ0v) is 8.41. The Morgan fingerprint density at radius 2 is 2.00 bits per heavy atom. The molecule has 0 saturated heterocycles. The molecule has 3 N–H and O–H groups in total. The quantitative estimate of drug-likeness (QED) is 0.555. The minimum absolute atomic E-state index is 0.0636. The van der Waals surface area contributed by atoms with E-state index in [1.807, 2.05) is 0 Å². The van der Waals surface area contributed by atoms with Crippen LogP contribution in [0.2, 0.25) is 0 Å². The maximum absolute atomic E-state index is 11.4. The number of rotatable bonds is 3. The molecule has 14 heavy (non-hydrogen) atoms. The van der Waals surface area contributed by atoms with E-state index in [0.717, 1.165) is 0 Å². The second-order valence-corrected chi connectivity index (χ2v) is 3.75. The van der Waals surface area contributed by atoms with E-state index in [0.29, 0.717) is 12.8 Å². The van der Waals surface area contributed by atoms with Gasteiger partial charge in [0, 0.05) is 13.0 Å². The molecule has 1 fully saturated rings. The summed E-state index contributed by atoms with van der Waals surface area (Å²) in [7, 11) is 0. The smallest absolute Gasteiger partial charge is 0.242 e. The fourth-order valence-corrected chi connectivity index (χ4v) is 1.40. The van der Waals surface area contributed by atoms with Gasteiger partial charge in [0.05, 0.1) is 6.10 Å². The number of nitrogens with one attached hydrogen (secondary N) is 2. The molecule has 80 valence electrons. The lowest BCUT2D eigenvalue weighted by atomic mass is 9.89. The van der Waals surface area contributed by atoms with E-state index in [-0.39, 0.29) is 24.0 Å². The van der Waals surface area contributed by atoms with Gasteiger partial charge in [0.25, 0.3) is 0 Å². The Kier molecular flexibility index (Phi) is 3.46. The Morgan fingerprint density at radius 1 is 1.43 bits per heavy atom. The molecule has 1 rings (SSSR count). The van der Waals surface area contributed by atoms with Gasteiger partial charge >= 0.3 is 0 Å². The third-order valence-electron chi connectivity index (χ3n) is 2.27. The van der Waals surface area contributed by atoms with Gasteiger partial charge in [-0.3, -0.25) is 9.59 Å². The van der Waals surface area contributed by atoms with Crippen LogP contribution in [-0.2, 0) is 9.59 Å². The number of carbonyl (C=O) groups excluding carboxylic acids is 2. The second-order valence-electron chi connectivity index (χ2n) is 3.75. The van der Waals surface area contributed by atoms with E-state index >= 15 is 0 Å². The third-order valence-corrected chi connectivity index (χ3v) is 2.27. The molecule has 0 heterocycles. The van der Waals surface area contributed by atoms with Crippen LogP contribution >= 0.6 is 0 Å². The number of hydrogen-bond donors (Lipinski definition) is 3. The lowest BCUT2D eigenvalue weighted by Crippen LogP contribution is -2.52. The van der Waals surface area contributed by atoms with Crippen LogP contribution in [0.25, 0.3) is 0 Å².